The molecule has 4 rings (SSSR count). The van der Waals surface area contributed by atoms with Crippen LogP contribution in [0.2, 0.25) is 0 Å². The number of aryl methyl sites for hydroxylation is 2. The third-order valence-electron chi connectivity index (χ3n) is 5.41. The summed E-state index contributed by atoms with van der Waals surface area (Å²) < 4.78 is 30.0. The molecule has 3 aromatic carbocycles. The molecule has 2 N–H and O–H groups in total. The molecule has 1 amide bonds. The molecular formula is C26H26N4O3S. The molecule has 4 aromatic rings. The molecule has 34 heavy (non-hydrogen) atoms. The predicted molar refractivity (Wildman–Crippen MR) is 132 cm³/mol. The highest BCUT2D eigenvalue weighted by Crippen LogP contribution is 2.21. The molecule has 174 valence electrons. The van der Waals surface area contributed by atoms with Crippen molar-refractivity contribution in [2.75, 3.05) is 4.72 Å². The van der Waals surface area contributed by atoms with Crippen LogP contribution >= 0.6 is 0 Å². The number of nitrogens with one attached hydrogen (secondary N) is 2. The van der Waals surface area contributed by atoms with Gasteiger partial charge in [-0.05, 0) is 72.5 Å². The zero-order valence-electron chi connectivity index (χ0n) is 19.0. The van der Waals surface area contributed by atoms with E-state index in [2.05, 4.69) is 15.1 Å². The van der Waals surface area contributed by atoms with Crippen molar-refractivity contribution in [1.82, 2.24) is 15.1 Å². The second kappa shape index (κ2) is 9.93. The number of rotatable bonds is 8. The molecule has 1 heterocycles. The second-order valence-electron chi connectivity index (χ2n) is 8.15. The summed E-state index contributed by atoms with van der Waals surface area (Å²) in [5.41, 5.74) is 4.48. The summed E-state index contributed by atoms with van der Waals surface area (Å²) in [5, 5.41) is 7.09. The van der Waals surface area contributed by atoms with Crippen LogP contribution < -0.4 is 10.0 Å². The number of anilines is 1. The number of carbonyl (C=O) groups is 1. The third kappa shape index (κ3) is 5.71. The lowest BCUT2D eigenvalue weighted by atomic mass is 10.1. The SMILES string of the molecule is Cc1ccc(C)c(S(=O)(=O)Nc2ccc(C(=O)NCc3ccc(Cn4cccn4)cc3)cc2)c1. The highest BCUT2D eigenvalue weighted by Gasteiger charge is 2.17. The van der Waals surface area contributed by atoms with Gasteiger partial charge in [0, 0.05) is 30.2 Å². The second-order valence-corrected chi connectivity index (χ2v) is 9.81. The molecule has 0 saturated carbocycles. The highest BCUT2D eigenvalue weighted by atomic mass is 32.2. The first-order valence-corrected chi connectivity index (χ1v) is 12.3. The first-order chi connectivity index (χ1) is 16.3. The molecule has 0 fully saturated rings. The lowest BCUT2D eigenvalue weighted by Crippen LogP contribution is -2.22. The standard InChI is InChI=1S/C26H26N4O3S/c1-19-4-5-20(2)25(16-19)34(32,33)29-24-12-10-23(11-13-24)26(31)27-17-21-6-8-22(9-7-21)18-30-15-3-14-28-30/h3-16,29H,17-18H2,1-2H3,(H,27,31). The molecule has 7 nitrogen and oxygen atoms in total. The molecule has 8 heteroatoms. The van der Waals surface area contributed by atoms with E-state index in [1.807, 2.05) is 54.2 Å². The van der Waals surface area contributed by atoms with Gasteiger partial charge in [0.2, 0.25) is 0 Å². The summed E-state index contributed by atoms with van der Waals surface area (Å²) in [6.07, 6.45) is 3.66. The minimum atomic E-state index is -3.72. The molecule has 1 aromatic heterocycles. The zero-order valence-corrected chi connectivity index (χ0v) is 19.8. The lowest BCUT2D eigenvalue weighted by Gasteiger charge is -2.12. The summed E-state index contributed by atoms with van der Waals surface area (Å²) in [7, 11) is -3.72. The largest absolute Gasteiger partial charge is 0.348 e. The smallest absolute Gasteiger partial charge is 0.262 e. The van der Waals surface area contributed by atoms with Crippen LogP contribution in [0.25, 0.3) is 0 Å². The van der Waals surface area contributed by atoms with E-state index in [9.17, 15) is 13.2 Å². The Kier molecular flexibility index (Phi) is 6.79. The average Bonchev–Trinajstić information content (AvgIpc) is 3.33. The van der Waals surface area contributed by atoms with Crippen LogP contribution in [-0.4, -0.2) is 24.1 Å². The first kappa shape index (κ1) is 23.3. The fourth-order valence-electron chi connectivity index (χ4n) is 3.52. The van der Waals surface area contributed by atoms with Crippen molar-refractivity contribution in [3.8, 4) is 0 Å². The minimum absolute atomic E-state index is 0.232. The van der Waals surface area contributed by atoms with Crippen molar-refractivity contribution in [2.45, 2.75) is 31.8 Å². The van der Waals surface area contributed by atoms with Crippen LogP contribution in [0.5, 0.6) is 0 Å². The van der Waals surface area contributed by atoms with E-state index in [4.69, 9.17) is 0 Å². The Morgan fingerprint density at radius 3 is 2.32 bits per heavy atom. The fourth-order valence-corrected chi connectivity index (χ4v) is 4.91. The average molecular weight is 475 g/mol. The molecule has 0 bridgehead atoms. The first-order valence-electron chi connectivity index (χ1n) is 10.8. The molecule has 0 aliphatic rings. The topological polar surface area (TPSA) is 93.1 Å². The van der Waals surface area contributed by atoms with Gasteiger partial charge in [-0.3, -0.25) is 14.2 Å². The summed E-state index contributed by atoms with van der Waals surface area (Å²) in [4.78, 5) is 12.8. The van der Waals surface area contributed by atoms with Crippen LogP contribution in [0.15, 0.2) is 90.1 Å². The van der Waals surface area contributed by atoms with E-state index in [-0.39, 0.29) is 10.8 Å². The van der Waals surface area contributed by atoms with Crippen LogP contribution in [0.3, 0.4) is 0 Å². The van der Waals surface area contributed by atoms with Gasteiger partial charge in [0.25, 0.3) is 15.9 Å². The number of aromatic nitrogens is 2. The molecule has 0 aliphatic heterocycles. The van der Waals surface area contributed by atoms with Crippen molar-refractivity contribution in [2.24, 2.45) is 0 Å². The van der Waals surface area contributed by atoms with Gasteiger partial charge in [0.15, 0.2) is 0 Å². The maximum absolute atomic E-state index is 12.8. The van der Waals surface area contributed by atoms with E-state index in [0.717, 1.165) is 16.7 Å². The molecule has 0 radical (unpaired) electrons. The van der Waals surface area contributed by atoms with Crippen LogP contribution in [-0.2, 0) is 23.1 Å². The van der Waals surface area contributed by atoms with Gasteiger partial charge in [0.05, 0.1) is 11.4 Å². The maximum Gasteiger partial charge on any atom is 0.262 e. The van der Waals surface area contributed by atoms with Gasteiger partial charge < -0.3 is 5.32 Å². The monoisotopic (exact) mass is 474 g/mol. The molecule has 0 unspecified atom stereocenters. The van der Waals surface area contributed by atoms with Crippen LogP contribution in [0.4, 0.5) is 5.69 Å². The number of sulfonamides is 1. The normalized spacial score (nSPS) is 11.2. The number of amides is 1. The number of nitrogens with zero attached hydrogens (tertiary/aromatic N) is 2. The van der Waals surface area contributed by atoms with Crippen LogP contribution in [0.1, 0.15) is 32.6 Å². The number of benzene rings is 3. The fraction of sp³-hybridized carbons (Fsp3) is 0.154. The quantitative estimate of drug-likeness (QED) is 0.399. The summed E-state index contributed by atoms with van der Waals surface area (Å²) in [6.45, 7) is 4.69. The Morgan fingerprint density at radius 1 is 0.941 bits per heavy atom. The van der Waals surface area contributed by atoms with E-state index in [0.29, 0.717) is 29.9 Å². The van der Waals surface area contributed by atoms with Crippen molar-refractivity contribution < 1.29 is 13.2 Å². The van der Waals surface area contributed by atoms with E-state index >= 15 is 0 Å². The van der Waals surface area contributed by atoms with Gasteiger partial charge >= 0.3 is 0 Å². The van der Waals surface area contributed by atoms with Crippen molar-refractivity contribution in [3.05, 3.63) is 113 Å². The number of hydrogen-bond acceptors (Lipinski definition) is 4. The molecule has 0 spiro atoms. The van der Waals surface area contributed by atoms with E-state index in [1.165, 1.54) is 0 Å². The highest BCUT2D eigenvalue weighted by molar-refractivity contribution is 7.92. The van der Waals surface area contributed by atoms with Gasteiger partial charge in [-0.25, -0.2) is 8.42 Å². The Bertz CT molecular complexity index is 1380. The lowest BCUT2D eigenvalue weighted by molar-refractivity contribution is 0.0951. The Labute approximate surface area is 199 Å². The molecule has 0 atom stereocenters. The minimum Gasteiger partial charge on any atom is -0.348 e. The summed E-state index contributed by atoms with van der Waals surface area (Å²) in [6, 6.07) is 21.5. The zero-order chi connectivity index (χ0) is 24.1. The van der Waals surface area contributed by atoms with Gasteiger partial charge in [-0.1, -0.05) is 36.4 Å². The number of carbonyl (C=O) groups excluding carboxylic acids is 1. The van der Waals surface area contributed by atoms with Crippen LogP contribution in [0, 0.1) is 13.8 Å². The van der Waals surface area contributed by atoms with E-state index in [1.54, 1.807) is 49.5 Å². The number of hydrogen-bond donors (Lipinski definition) is 2. The van der Waals surface area contributed by atoms with E-state index < -0.39 is 10.0 Å². The van der Waals surface area contributed by atoms with Gasteiger partial charge in [0.1, 0.15) is 0 Å². The van der Waals surface area contributed by atoms with Gasteiger partial charge in [-0.2, -0.15) is 5.10 Å². The third-order valence-corrected chi connectivity index (χ3v) is 6.94. The van der Waals surface area contributed by atoms with Crippen molar-refractivity contribution >= 4 is 21.6 Å². The van der Waals surface area contributed by atoms with Crippen molar-refractivity contribution in [3.63, 3.8) is 0 Å². The summed E-state index contributed by atoms with van der Waals surface area (Å²) in [5.74, 6) is -0.232. The Balaban J connectivity index is 1.34. The van der Waals surface area contributed by atoms with Gasteiger partial charge in [-0.15, -0.1) is 0 Å². The predicted octanol–water partition coefficient (Wildman–Crippen LogP) is 4.28. The van der Waals surface area contributed by atoms with Crippen molar-refractivity contribution in [1.29, 1.82) is 0 Å². The Morgan fingerprint density at radius 2 is 1.65 bits per heavy atom. The maximum atomic E-state index is 12.8. The summed E-state index contributed by atoms with van der Waals surface area (Å²) >= 11 is 0. The molecular weight excluding hydrogens is 448 g/mol. The molecule has 0 saturated heterocycles. The molecule has 0 aliphatic carbocycles. The Hall–Kier alpha value is -3.91.